The van der Waals surface area contributed by atoms with Crippen molar-refractivity contribution in [2.75, 3.05) is 11.9 Å². The molecule has 0 saturated carbocycles. The third-order valence-corrected chi connectivity index (χ3v) is 2.38. The average Bonchev–Trinajstić information content (AvgIpc) is 2.99. The highest BCUT2D eigenvalue weighted by atomic mass is 16.3. The maximum Gasteiger partial charge on any atom is 0.259 e. The van der Waals surface area contributed by atoms with Gasteiger partial charge in [0.25, 0.3) is 5.91 Å². The quantitative estimate of drug-likeness (QED) is 0.625. The second-order valence-corrected chi connectivity index (χ2v) is 3.91. The molecule has 0 spiro atoms. The summed E-state index contributed by atoms with van der Waals surface area (Å²) in [7, 11) is 0. The number of rotatable bonds is 6. The number of nitrogens with zero attached hydrogens (tertiary/aromatic N) is 1. The third kappa shape index (κ3) is 4.81. The van der Waals surface area contributed by atoms with E-state index in [1.54, 1.807) is 24.5 Å². The van der Waals surface area contributed by atoms with Crippen LogP contribution in [0.5, 0.6) is 0 Å². The number of benzene rings is 1. The minimum atomic E-state index is -0.212. The van der Waals surface area contributed by atoms with Crippen LogP contribution in [0.1, 0.15) is 5.76 Å². The SMILES string of the molecule is O=C(CNc1ccccc1)N/N=C/C=C/c1ccco1. The first-order valence-electron chi connectivity index (χ1n) is 6.15. The molecule has 0 bridgehead atoms. The lowest BCUT2D eigenvalue weighted by Gasteiger charge is -2.03. The lowest BCUT2D eigenvalue weighted by Crippen LogP contribution is -2.25. The second-order valence-electron chi connectivity index (χ2n) is 3.91. The molecular weight excluding hydrogens is 254 g/mol. The minimum Gasteiger partial charge on any atom is -0.465 e. The van der Waals surface area contributed by atoms with E-state index in [9.17, 15) is 4.79 Å². The van der Waals surface area contributed by atoms with Gasteiger partial charge in [0.15, 0.2) is 0 Å². The predicted octanol–water partition coefficient (Wildman–Crippen LogP) is 2.51. The largest absolute Gasteiger partial charge is 0.465 e. The van der Waals surface area contributed by atoms with E-state index in [2.05, 4.69) is 15.8 Å². The fraction of sp³-hybridized carbons (Fsp3) is 0.0667. The number of anilines is 1. The topological polar surface area (TPSA) is 66.6 Å². The maximum atomic E-state index is 11.5. The lowest BCUT2D eigenvalue weighted by molar-refractivity contribution is -0.119. The van der Waals surface area contributed by atoms with Crippen molar-refractivity contribution < 1.29 is 9.21 Å². The van der Waals surface area contributed by atoms with Crippen LogP contribution in [-0.2, 0) is 4.79 Å². The summed E-state index contributed by atoms with van der Waals surface area (Å²) in [6, 6.07) is 13.1. The summed E-state index contributed by atoms with van der Waals surface area (Å²) in [5, 5.41) is 6.78. The molecule has 0 aliphatic rings. The monoisotopic (exact) mass is 269 g/mol. The van der Waals surface area contributed by atoms with Crippen molar-refractivity contribution in [3.05, 3.63) is 60.6 Å². The number of hydrazone groups is 1. The molecule has 0 atom stereocenters. The zero-order valence-electron chi connectivity index (χ0n) is 10.8. The second kappa shape index (κ2) is 7.58. The van der Waals surface area contributed by atoms with Crippen molar-refractivity contribution in [3.8, 4) is 0 Å². The Labute approximate surface area is 117 Å². The van der Waals surface area contributed by atoms with E-state index >= 15 is 0 Å². The van der Waals surface area contributed by atoms with Crippen LogP contribution in [0.15, 0.2) is 64.3 Å². The summed E-state index contributed by atoms with van der Waals surface area (Å²) >= 11 is 0. The Morgan fingerprint density at radius 1 is 1.20 bits per heavy atom. The van der Waals surface area contributed by atoms with Gasteiger partial charge >= 0.3 is 0 Å². The van der Waals surface area contributed by atoms with Crippen molar-refractivity contribution >= 4 is 23.9 Å². The Bertz CT molecular complexity index is 574. The van der Waals surface area contributed by atoms with Crippen LogP contribution < -0.4 is 10.7 Å². The van der Waals surface area contributed by atoms with Gasteiger partial charge in [0.1, 0.15) is 5.76 Å². The predicted molar refractivity (Wildman–Crippen MR) is 79.3 cm³/mol. The number of hydrogen-bond donors (Lipinski definition) is 2. The van der Waals surface area contributed by atoms with E-state index in [1.165, 1.54) is 6.21 Å². The molecule has 0 aliphatic carbocycles. The highest BCUT2D eigenvalue weighted by molar-refractivity contribution is 5.83. The number of amides is 1. The van der Waals surface area contributed by atoms with Crippen molar-refractivity contribution in [2.45, 2.75) is 0 Å². The number of allylic oxidation sites excluding steroid dienone is 1. The Morgan fingerprint density at radius 2 is 2.05 bits per heavy atom. The minimum absolute atomic E-state index is 0.170. The van der Waals surface area contributed by atoms with Gasteiger partial charge in [-0.05, 0) is 36.4 Å². The van der Waals surface area contributed by atoms with Gasteiger partial charge in [0.05, 0.1) is 12.8 Å². The molecule has 1 aromatic carbocycles. The molecule has 0 aliphatic heterocycles. The normalized spacial score (nSPS) is 11.0. The van der Waals surface area contributed by atoms with Crippen LogP contribution in [0.4, 0.5) is 5.69 Å². The van der Waals surface area contributed by atoms with Crippen molar-refractivity contribution in [3.63, 3.8) is 0 Å². The molecule has 0 radical (unpaired) electrons. The standard InChI is InChI=1S/C15H15N3O2/c19-15(12-16-13-6-2-1-3-7-13)18-17-10-4-8-14-9-5-11-20-14/h1-11,16H,12H2,(H,18,19)/b8-4+,17-10+. The van der Waals surface area contributed by atoms with Crippen LogP contribution >= 0.6 is 0 Å². The number of hydrogen-bond acceptors (Lipinski definition) is 4. The van der Waals surface area contributed by atoms with Crippen LogP contribution in [0.2, 0.25) is 0 Å². The Morgan fingerprint density at radius 3 is 2.80 bits per heavy atom. The molecule has 102 valence electrons. The molecule has 2 N–H and O–H groups in total. The van der Waals surface area contributed by atoms with E-state index in [4.69, 9.17) is 4.42 Å². The first kappa shape index (κ1) is 13.6. The molecule has 5 nitrogen and oxygen atoms in total. The summed E-state index contributed by atoms with van der Waals surface area (Å²) in [5.41, 5.74) is 3.31. The fourth-order valence-electron chi connectivity index (χ4n) is 1.45. The smallest absolute Gasteiger partial charge is 0.259 e. The summed E-state index contributed by atoms with van der Waals surface area (Å²) in [5.74, 6) is 0.519. The van der Waals surface area contributed by atoms with Gasteiger partial charge in [0, 0.05) is 11.9 Å². The third-order valence-electron chi connectivity index (χ3n) is 2.38. The molecule has 2 aromatic rings. The number of furan rings is 1. The summed E-state index contributed by atoms with van der Waals surface area (Å²) in [6.45, 7) is 0.170. The highest BCUT2D eigenvalue weighted by Gasteiger charge is 1.97. The molecule has 1 aromatic heterocycles. The molecule has 0 unspecified atom stereocenters. The Kier molecular flexibility index (Phi) is 5.16. The summed E-state index contributed by atoms with van der Waals surface area (Å²) < 4.78 is 5.10. The van der Waals surface area contributed by atoms with Crippen LogP contribution in [0, 0.1) is 0 Å². The summed E-state index contributed by atoms with van der Waals surface area (Å²) in [6.07, 6.45) is 6.51. The number of carbonyl (C=O) groups is 1. The highest BCUT2D eigenvalue weighted by Crippen LogP contribution is 2.03. The first-order valence-corrected chi connectivity index (χ1v) is 6.15. The molecule has 2 rings (SSSR count). The molecular formula is C15H15N3O2. The average molecular weight is 269 g/mol. The van der Waals surface area contributed by atoms with E-state index in [-0.39, 0.29) is 12.5 Å². The summed E-state index contributed by atoms with van der Waals surface area (Å²) in [4.78, 5) is 11.5. The lowest BCUT2D eigenvalue weighted by atomic mass is 10.3. The number of para-hydroxylation sites is 1. The molecule has 0 fully saturated rings. The van der Waals surface area contributed by atoms with Gasteiger partial charge < -0.3 is 9.73 Å². The van der Waals surface area contributed by atoms with Crippen molar-refractivity contribution in [1.82, 2.24) is 5.43 Å². The van der Waals surface area contributed by atoms with Gasteiger partial charge in [-0.25, -0.2) is 5.43 Å². The zero-order chi connectivity index (χ0) is 14.0. The van der Waals surface area contributed by atoms with Gasteiger partial charge in [-0.3, -0.25) is 4.79 Å². The Hall–Kier alpha value is -2.82. The van der Waals surface area contributed by atoms with Crippen molar-refractivity contribution in [1.29, 1.82) is 0 Å². The zero-order valence-corrected chi connectivity index (χ0v) is 10.8. The molecule has 5 heteroatoms. The number of nitrogens with one attached hydrogen (secondary N) is 2. The van der Waals surface area contributed by atoms with Crippen molar-refractivity contribution in [2.24, 2.45) is 5.10 Å². The molecule has 1 heterocycles. The number of carbonyl (C=O) groups excluding carboxylic acids is 1. The van der Waals surface area contributed by atoms with E-state index < -0.39 is 0 Å². The Balaban J connectivity index is 1.67. The van der Waals surface area contributed by atoms with Gasteiger partial charge in [-0.1, -0.05) is 18.2 Å². The molecule has 1 amide bonds. The van der Waals surface area contributed by atoms with Gasteiger partial charge in [0.2, 0.25) is 0 Å². The van der Waals surface area contributed by atoms with Gasteiger partial charge in [-0.2, -0.15) is 5.10 Å². The molecule has 0 saturated heterocycles. The first-order chi connectivity index (χ1) is 9.84. The van der Waals surface area contributed by atoms with E-state index in [1.807, 2.05) is 36.4 Å². The maximum absolute atomic E-state index is 11.5. The van der Waals surface area contributed by atoms with E-state index in [0.29, 0.717) is 0 Å². The van der Waals surface area contributed by atoms with Gasteiger partial charge in [-0.15, -0.1) is 0 Å². The van der Waals surface area contributed by atoms with E-state index in [0.717, 1.165) is 11.4 Å². The molecule has 20 heavy (non-hydrogen) atoms. The van der Waals surface area contributed by atoms with Crippen LogP contribution in [0.3, 0.4) is 0 Å². The fourth-order valence-corrected chi connectivity index (χ4v) is 1.45. The van der Waals surface area contributed by atoms with Crippen LogP contribution in [0.25, 0.3) is 6.08 Å². The van der Waals surface area contributed by atoms with Crippen LogP contribution in [-0.4, -0.2) is 18.7 Å².